The minimum atomic E-state index is -1.45. The molecule has 0 saturated heterocycles. The molecule has 0 bridgehead atoms. The second kappa shape index (κ2) is 17.2. The number of carboxylic acid groups (broad SMARTS) is 1. The number of guanidine groups is 1. The lowest BCUT2D eigenvalue weighted by atomic mass is 10.0. The van der Waals surface area contributed by atoms with Gasteiger partial charge in [0.15, 0.2) is 5.96 Å². The first-order valence-corrected chi connectivity index (χ1v) is 13.1. The number of rotatable bonds is 17. The molecular formula is C23H37N7O6S. The van der Waals surface area contributed by atoms with Crippen molar-refractivity contribution in [3.8, 4) is 0 Å². The van der Waals surface area contributed by atoms with Crippen LogP contribution in [-0.4, -0.2) is 89.2 Å². The van der Waals surface area contributed by atoms with Gasteiger partial charge in [0.1, 0.15) is 18.1 Å². The summed E-state index contributed by atoms with van der Waals surface area (Å²) in [6.07, 6.45) is 2.69. The van der Waals surface area contributed by atoms with Crippen LogP contribution in [0.1, 0.15) is 24.8 Å². The Labute approximate surface area is 220 Å². The van der Waals surface area contributed by atoms with Crippen LogP contribution in [-0.2, 0) is 25.6 Å². The highest BCUT2D eigenvalue weighted by Gasteiger charge is 2.30. The van der Waals surface area contributed by atoms with E-state index in [0.717, 1.165) is 5.56 Å². The van der Waals surface area contributed by atoms with Crippen LogP contribution in [0.3, 0.4) is 0 Å². The monoisotopic (exact) mass is 539 g/mol. The van der Waals surface area contributed by atoms with Crippen LogP contribution < -0.4 is 33.2 Å². The molecular weight excluding hydrogens is 502 g/mol. The Kier molecular flexibility index (Phi) is 14.7. The number of aliphatic hydroxyl groups is 1. The lowest BCUT2D eigenvalue weighted by molar-refractivity contribution is -0.142. The van der Waals surface area contributed by atoms with Crippen molar-refractivity contribution < 1.29 is 29.4 Å². The topological polar surface area (TPSA) is 235 Å². The highest BCUT2D eigenvalue weighted by atomic mass is 32.2. The molecule has 1 rings (SSSR count). The number of thioether (sulfide) groups is 1. The van der Waals surface area contributed by atoms with Crippen molar-refractivity contribution in [1.29, 1.82) is 0 Å². The molecule has 1 aromatic carbocycles. The summed E-state index contributed by atoms with van der Waals surface area (Å²) < 4.78 is 0. The fraction of sp³-hybridized carbons (Fsp3) is 0.522. The number of aliphatic carboxylic acids is 1. The van der Waals surface area contributed by atoms with E-state index in [1.807, 2.05) is 6.26 Å². The summed E-state index contributed by atoms with van der Waals surface area (Å²) in [6.45, 7) is -0.626. The van der Waals surface area contributed by atoms with Gasteiger partial charge in [-0.25, -0.2) is 4.79 Å². The van der Waals surface area contributed by atoms with Gasteiger partial charge in [0, 0.05) is 13.0 Å². The van der Waals surface area contributed by atoms with Gasteiger partial charge in [-0.2, -0.15) is 11.8 Å². The summed E-state index contributed by atoms with van der Waals surface area (Å²) in [7, 11) is 0. The third-order valence-electron chi connectivity index (χ3n) is 5.26. The first kappa shape index (κ1) is 31.7. The van der Waals surface area contributed by atoms with Gasteiger partial charge in [0.05, 0.1) is 12.6 Å². The first-order valence-electron chi connectivity index (χ1n) is 11.7. The van der Waals surface area contributed by atoms with Crippen molar-refractivity contribution in [3.05, 3.63) is 35.9 Å². The largest absolute Gasteiger partial charge is 0.480 e. The van der Waals surface area contributed by atoms with Crippen molar-refractivity contribution in [2.24, 2.45) is 22.2 Å². The van der Waals surface area contributed by atoms with E-state index < -0.39 is 54.5 Å². The van der Waals surface area contributed by atoms with Gasteiger partial charge >= 0.3 is 5.97 Å². The second-order valence-electron chi connectivity index (χ2n) is 8.23. The minimum absolute atomic E-state index is 0.0184. The fourth-order valence-electron chi connectivity index (χ4n) is 3.21. The summed E-state index contributed by atoms with van der Waals surface area (Å²) in [5.74, 6) is -2.93. The zero-order chi connectivity index (χ0) is 27.8. The Morgan fingerprint density at radius 1 is 0.946 bits per heavy atom. The van der Waals surface area contributed by atoms with Gasteiger partial charge < -0.3 is 43.4 Å². The molecule has 14 heteroatoms. The number of aliphatic imine (C=N–C) groups is 1. The van der Waals surface area contributed by atoms with Crippen molar-refractivity contribution >= 4 is 41.4 Å². The van der Waals surface area contributed by atoms with E-state index in [1.165, 1.54) is 11.8 Å². The molecule has 0 saturated carbocycles. The average Bonchev–Trinajstić information content (AvgIpc) is 2.86. The number of nitrogens with zero attached hydrogens (tertiary/aromatic N) is 1. The average molecular weight is 540 g/mol. The minimum Gasteiger partial charge on any atom is -0.480 e. The summed E-state index contributed by atoms with van der Waals surface area (Å²) in [6, 6.07) is 4.25. The highest BCUT2D eigenvalue weighted by molar-refractivity contribution is 7.98. The molecule has 11 N–H and O–H groups in total. The van der Waals surface area contributed by atoms with Gasteiger partial charge in [0.2, 0.25) is 17.7 Å². The van der Waals surface area contributed by atoms with Crippen LogP contribution >= 0.6 is 11.8 Å². The molecule has 0 aromatic heterocycles. The smallest absolute Gasteiger partial charge is 0.326 e. The number of carbonyl (C=O) groups excluding carboxylic acids is 3. The Bertz CT molecular complexity index is 914. The lowest BCUT2D eigenvalue weighted by Gasteiger charge is -2.24. The van der Waals surface area contributed by atoms with Gasteiger partial charge in [-0.05, 0) is 36.8 Å². The first-order chi connectivity index (χ1) is 17.6. The zero-order valence-corrected chi connectivity index (χ0v) is 21.6. The molecule has 0 aliphatic rings. The predicted octanol–water partition coefficient (Wildman–Crippen LogP) is -2.11. The van der Waals surface area contributed by atoms with E-state index in [4.69, 9.17) is 17.2 Å². The molecule has 0 aliphatic carbocycles. The standard InChI is InChI=1S/C23H37N7O6S/c1-37-11-9-15(24)19(32)29-17(12-14-6-3-2-4-7-14)20(33)30-18(13-31)21(34)28-16(22(35)36)8-5-10-27-23(25)26/h2-4,6-7,15-18,31H,5,8-13,24H2,1H3,(H,28,34)(H,29,32)(H,30,33)(H,35,36)(H4,25,26,27). The van der Waals surface area contributed by atoms with Crippen LogP contribution in [0, 0.1) is 0 Å². The number of hydrogen-bond donors (Lipinski definition) is 8. The Balaban J connectivity index is 2.90. The number of nitrogens with one attached hydrogen (secondary N) is 3. The molecule has 1 aromatic rings. The molecule has 3 amide bonds. The van der Waals surface area contributed by atoms with E-state index in [1.54, 1.807) is 30.3 Å². The van der Waals surface area contributed by atoms with E-state index >= 15 is 0 Å². The quantitative estimate of drug-likeness (QED) is 0.0609. The van der Waals surface area contributed by atoms with Gasteiger partial charge in [-0.1, -0.05) is 30.3 Å². The number of hydrogen-bond acceptors (Lipinski definition) is 8. The highest BCUT2D eigenvalue weighted by Crippen LogP contribution is 2.06. The number of carbonyl (C=O) groups is 4. The molecule has 4 atom stereocenters. The Hall–Kier alpha value is -3.36. The normalized spacial score (nSPS) is 13.9. The molecule has 13 nitrogen and oxygen atoms in total. The molecule has 0 spiro atoms. The van der Waals surface area contributed by atoms with Gasteiger partial charge in [-0.15, -0.1) is 0 Å². The number of nitrogens with two attached hydrogens (primary N) is 3. The third kappa shape index (κ3) is 12.4. The lowest BCUT2D eigenvalue weighted by Crippen LogP contribution is -2.58. The number of amides is 3. The van der Waals surface area contributed by atoms with E-state index in [2.05, 4.69) is 20.9 Å². The van der Waals surface area contributed by atoms with Crippen LogP contribution in [0.5, 0.6) is 0 Å². The molecule has 4 unspecified atom stereocenters. The molecule has 0 radical (unpaired) electrons. The third-order valence-corrected chi connectivity index (χ3v) is 5.90. The summed E-state index contributed by atoms with van der Waals surface area (Å²) in [5.41, 5.74) is 17.1. The van der Waals surface area contributed by atoms with Crippen molar-refractivity contribution in [1.82, 2.24) is 16.0 Å². The van der Waals surface area contributed by atoms with Gasteiger partial charge in [-0.3, -0.25) is 19.4 Å². The van der Waals surface area contributed by atoms with Crippen LogP contribution in [0.25, 0.3) is 0 Å². The molecule has 0 fully saturated rings. The number of aliphatic hydroxyl groups excluding tert-OH is 1. The van der Waals surface area contributed by atoms with E-state index in [-0.39, 0.29) is 31.8 Å². The predicted molar refractivity (Wildman–Crippen MR) is 142 cm³/mol. The maximum absolute atomic E-state index is 13.1. The van der Waals surface area contributed by atoms with Crippen molar-refractivity contribution in [3.63, 3.8) is 0 Å². The molecule has 0 heterocycles. The Morgan fingerprint density at radius 3 is 2.11 bits per heavy atom. The summed E-state index contributed by atoms with van der Waals surface area (Å²) in [4.78, 5) is 53.6. The van der Waals surface area contributed by atoms with Gasteiger partial charge in [0.25, 0.3) is 0 Å². The zero-order valence-electron chi connectivity index (χ0n) is 20.8. The maximum Gasteiger partial charge on any atom is 0.326 e. The molecule has 206 valence electrons. The summed E-state index contributed by atoms with van der Waals surface area (Å²) in [5, 5.41) is 26.5. The van der Waals surface area contributed by atoms with Crippen molar-refractivity contribution in [2.45, 2.75) is 49.9 Å². The maximum atomic E-state index is 13.1. The van der Waals surface area contributed by atoms with Crippen LogP contribution in [0.4, 0.5) is 0 Å². The second-order valence-corrected chi connectivity index (χ2v) is 9.22. The Morgan fingerprint density at radius 2 is 1.54 bits per heavy atom. The molecule has 37 heavy (non-hydrogen) atoms. The number of benzene rings is 1. The summed E-state index contributed by atoms with van der Waals surface area (Å²) >= 11 is 1.53. The van der Waals surface area contributed by atoms with E-state index in [0.29, 0.717) is 12.2 Å². The van der Waals surface area contributed by atoms with Crippen LogP contribution in [0.2, 0.25) is 0 Å². The van der Waals surface area contributed by atoms with E-state index in [9.17, 15) is 29.4 Å². The van der Waals surface area contributed by atoms with Crippen molar-refractivity contribution in [2.75, 3.05) is 25.2 Å². The van der Waals surface area contributed by atoms with Crippen LogP contribution in [0.15, 0.2) is 35.3 Å². The number of carboxylic acids is 1. The SMILES string of the molecule is CSCCC(N)C(=O)NC(Cc1ccccc1)C(=O)NC(CO)C(=O)NC(CCCN=C(N)N)C(=O)O. The molecule has 0 aliphatic heterocycles. The fourth-order valence-corrected chi connectivity index (χ4v) is 3.70.